The molecule has 1 saturated carbocycles. The number of aliphatic hydroxyl groups is 1. The highest BCUT2D eigenvalue weighted by Crippen LogP contribution is 2.50. The molecule has 1 aliphatic heterocycles. The summed E-state index contributed by atoms with van der Waals surface area (Å²) in [6.45, 7) is 1.11. The fraction of sp³-hybridized carbons (Fsp3) is 0.273. The maximum absolute atomic E-state index is 13.5. The van der Waals surface area contributed by atoms with Crippen LogP contribution in [0.25, 0.3) is 11.3 Å². The molecule has 2 fully saturated rings. The molecule has 0 spiro atoms. The number of aromatic nitrogens is 1. The van der Waals surface area contributed by atoms with Gasteiger partial charge in [-0.05, 0) is 85.3 Å². The Balaban J connectivity index is 1.14. The minimum Gasteiger partial charge on any atom is -0.593 e. The zero-order valence-corrected chi connectivity index (χ0v) is 24.6. The van der Waals surface area contributed by atoms with Crippen LogP contribution in [0.1, 0.15) is 36.8 Å². The summed E-state index contributed by atoms with van der Waals surface area (Å²) >= 11 is 5.10. The van der Waals surface area contributed by atoms with Gasteiger partial charge in [-0.1, -0.05) is 54.1 Å². The zero-order valence-electron chi connectivity index (χ0n) is 23.0. The predicted molar refractivity (Wildman–Crippen MR) is 165 cm³/mol. The highest BCUT2D eigenvalue weighted by Gasteiger charge is 2.51. The van der Waals surface area contributed by atoms with Crippen LogP contribution in [0.15, 0.2) is 95.9 Å². The first-order valence-electron chi connectivity index (χ1n) is 14.1. The number of anilines is 1. The van der Waals surface area contributed by atoms with E-state index in [-0.39, 0.29) is 18.6 Å². The topological polar surface area (TPSA) is 97.8 Å². The van der Waals surface area contributed by atoms with Crippen LogP contribution in [0.3, 0.4) is 0 Å². The molecule has 9 heteroatoms. The summed E-state index contributed by atoms with van der Waals surface area (Å²) in [6.07, 6.45) is 3.24. The molecule has 0 radical (unpaired) electrons. The number of nitrogens with zero attached hydrogens (tertiary/aromatic N) is 2. The molecule has 1 unspecified atom stereocenters. The van der Waals surface area contributed by atoms with Crippen molar-refractivity contribution in [2.75, 3.05) is 18.5 Å². The fourth-order valence-corrected chi connectivity index (χ4v) is 6.96. The number of hydrogen-bond donors (Lipinski definition) is 2. The molecule has 42 heavy (non-hydrogen) atoms. The van der Waals surface area contributed by atoms with Crippen molar-refractivity contribution in [3.05, 3.63) is 107 Å². The van der Waals surface area contributed by atoms with Crippen LogP contribution >= 0.6 is 11.6 Å². The molecule has 3 aromatic carbocycles. The highest BCUT2D eigenvalue weighted by molar-refractivity contribution is 7.89. The van der Waals surface area contributed by atoms with E-state index in [2.05, 4.69) is 5.32 Å². The standard InChI is InChI=1S/C33H32ClN3O4S/c34-28-16-13-25(20-30(28)41-22-23-6-2-1-3-7-23)33(17-18-33)32(39)36-31-10-4-9-29(35-31)24-11-14-27(15-12-24)42(40)37-19-5-8-26(37)21-38/h1-4,6-7,9-16,20,26,38H,5,8,17-19,21-22H2,(H,35,36,39)/t26-,42?/m1/s1. The van der Waals surface area contributed by atoms with E-state index >= 15 is 0 Å². The van der Waals surface area contributed by atoms with Crippen LogP contribution in [0.2, 0.25) is 5.02 Å². The predicted octanol–water partition coefficient (Wildman–Crippen LogP) is 6.13. The molecule has 2 aliphatic rings. The summed E-state index contributed by atoms with van der Waals surface area (Å²) in [4.78, 5) is 18.9. The van der Waals surface area contributed by atoms with E-state index in [1.807, 2.05) is 83.2 Å². The molecular formula is C33H32ClN3O4S. The Morgan fingerprint density at radius 1 is 1.07 bits per heavy atom. The Hall–Kier alpha value is -3.40. The van der Waals surface area contributed by atoms with Crippen LogP contribution in [0.5, 0.6) is 5.75 Å². The number of halogens is 1. The molecule has 4 aromatic rings. The lowest BCUT2D eigenvalue weighted by atomic mass is 9.94. The number of aliphatic hydroxyl groups excluding tert-OH is 1. The van der Waals surface area contributed by atoms with E-state index < -0.39 is 16.8 Å². The third-order valence-electron chi connectivity index (χ3n) is 7.99. The van der Waals surface area contributed by atoms with Crippen molar-refractivity contribution >= 4 is 34.7 Å². The Labute approximate surface area is 253 Å². The van der Waals surface area contributed by atoms with E-state index in [1.165, 1.54) is 0 Å². The third kappa shape index (κ3) is 6.04. The van der Waals surface area contributed by atoms with E-state index in [4.69, 9.17) is 21.3 Å². The van der Waals surface area contributed by atoms with Gasteiger partial charge in [-0.3, -0.25) is 4.79 Å². The van der Waals surface area contributed by atoms with Crippen molar-refractivity contribution in [1.82, 2.24) is 9.29 Å². The van der Waals surface area contributed by atoms with E-state index in [0.29, 0.717) is 40.3 Å². The fourth-order valence-electron chi connectivity index (χ4n) is 5.41. The van der Waals surface area contributed by atoms with Crippen LogP contribution in [-0.4, -0.2) is 44.0 Å². The van der Waals surface area contributed by atoms with E-state index in [0.717, 1.165) is 42.4 Å². The van der Waals surface area contributed by atoms with Crippen LogP contribution in [0.4, 0.5) is 5.82 Å². The van der Waals surface area contributed by atoms with Gasteiger partial charge in [-0.2, -0.15) is 0 Å². The second-order valence-electron chi connectivity index (χ2n) is 10.8. The monoisotopic (exact) mass is 601 g/mol. The quantitative estimate of drug-likeness (QED) is 0.212. The van der Waals surface area contributed by atoms with Crippen molar-refractivity contribution in [2.45, 2.75) is 48.6 Å². The minimum absolute atomic E-state index is 0.00869. The summed E-state index contributed by atoms with van der Waals surface area (Å²) in [5, 5.41) is 13.1. The van der Waals surface area contributed by atoms with Crippen LogP contribution in [0, 0.1) is 0 Å². The summed E-state index contributed by atoms with van der Waals surface area (Å²) in [5.74, 6) is 0.908. The van der Waals surface area contributed by atoms with Gasteiger partial charge >= 0.3 is 0 Å². The van der Waals surface area contributed by atoms with Gasteiger partial charge in [0.05, 0.1) is 40.1 Å². The second-order valence-corrected chi connectivity index (χ2v) is 12.6. The number of benzene rings is 3. The molecule has 7 nitrogen and oxygen atoms in total. The number of nitrogens with one attached hydrogen (secondary N) is 1. The van der Waals surface area contributed by atoms with Crippen LogP contribution < -0.4 is 10.1 Å². The lowest BCUT2D eigenvalue weighted by Gasteiger charge is -2.24. The molecule has 2 heterocycles. The van der Waals surface area contributed by atoms with Crippen molar-refractivity contribution in [1.29, 1.82) is 0 Å². The third-order valence-corrected chi connectivity index (χ3v) is 9.89. The number of ether oxygens (including phenoxy) is 1. The zero-order chi connectivity index (χ0) is 29.1. The number of pyridine rings is 1. The van der Waals surface area contributed by atoms with Crippen molar-refractivity contribution in [3.63, 3.8) is 0 Å². The first-order valence-corrected chi connectivity index (χ1v) is 15.6. The first-order chi connectivity index (χ1) is 20.5. The second kappa shape index (κ2) is 12.5. The lowest BCUT2D eigenvalue weighted by molar-refractivity contribution is -0.118. The lowest BCUT2D eigenvalue weighted by Crippen LogP contribution is -2.37. The summed E-state index contributed by atoms with van der Waals surface area (Å²) in [5.41, 5.74) is 2.81. The summed E-state index contributed by atoms with van der Waals surface area (Å²) in [7, 11) is 0. The van der Waals surface area contributed by atoms with Gasteiger partial charge in [0, 0.05) is 12.1 Å². The largest absolute Gasteiger partial charge is 0.593 e. The smallest absolute Gasteiger partial charge is 0.236 e. The Bertz CT molecular complexity index is 1550. The summed E-state index contributed by atoms with van der Waals surface area (Å²) < 4.78 is 20.9. The van der Waals surface area contributed by atoms with E-state index in [9.17, 15) is 14.5 Å². The molecule has 216 valence electrons. The van der Waals surface area contributed by atoms with Gasteiger partial charge in [-0.25, -0.2) is 4.98 Å². The molecule has 2 atom stereocenters. The Morgan fingerprint density at radius 3 is 2.60 bits per heavy atom. The number of rotatable bonds is 10. The number of carbonyl (C=O) groups excluding carboxylic acids is 1. The summed E-state index contributed by atoms with van der Waals surface area (Å²) in [6, 6.07) is 28.3. The maximum Gasteiger partial charge on any atom is 0.236 e. The molecule has 6 rings (SSSR count). The molecule has 1 amide bonds. The van der Waals surface area contributed by atoms with Gasteiger partial charge in [0.15, 0.2) is 4.90 Å². The number of amides is 1. The average molecular weight is 602 g/mol. The number of carbonyl (C=O) groups is 1. The van der Waals surface area contributed by atoms with Gasteiger partial charge in [0.2, 0.25) is 5.91 Å². The molecule has 2 N–H and O–H groups in total. The average Bonchev–Trinajstić information content (AvgIpc) is 3.71. The normalized spacial score (nSPS) is 18.4. The molecule has 1 saturated heterocycles. The van der Waals surface area contributed by atoms with Gasteiger partial charge in [0.1, 0.15) is 18.2 Å². The Morgan fingerprint density at radius 2 is 1.86 bits per heavy atom. The number of hydrogen-bond acceptors (Lipinski definition) is 6. The molecule has 1 aromatic heterocycles. The molecular weight excluding hydrogens is 570 g/mol. The SMILES string of the molecule is O=C(Nc1cccc(-c2ccc([S+]([O-])N3CCC[C@@H]3CO)cc2)n1)C1(c2ccc(Cl)c(OCc3ccccc3)c2)CC1. The van der Waals surface area contributed by atoms with Crippen molar-refractivity contribution in [2.24, 2.45) is 0 Å². The van der Waals surface area contributed by atoms with Gasteiger partial charge < -0.3 is 19.7 Å². The van der Waals surface area contributed by atoms with E-state index in [1.54, 1.807) is 12.1 Å². The first kappa shape index (κ1) is 28.7. The van der Waals surface area contributed by atoms with Crippen LogP contribution in [-0.2, 0) is 28.2 Å². The highest BCUT2D eigenvalue weighted by atomic mass is 35.5. The molecule has 1 aliphatic carbocycles. The van der Waals surface area contributed by atoms with Gasteiger partial charge in [0.25, 0.3) is 0 Å². The maximum atomic E-state index is 13.5. The minimum atomic E-state index is -1.32. The Kier molecular flexibility index (Phi) is 8.51. The molecule has 0 bridgehead atoms. The van der Waals surface area contributed by atoms with Crippen molar-refractivity contribution in [3.8, 4) is 17.0 Å². The van der Waals surface area contributed by atoms with Gasteiger partial charge in [-0.15, -0.1) is 4.31 Å². The van der Waals surface area contributed by atoms with Crippen molar-refractivity contribution < 1.29 is 19.2 Å².